The highest BCUT2D eigenvalue weighted by atomic mass is 32.2. The number of carbonyl (C=O) groups excluding carboxylic acids is 2. The highest BCUT2D eigenvalue weighted by Gasteiger charge is 2.50. The second-order valence-corrected chi connectivity index (χ2v) is 12.5. The monoisotopic (exact) mass is 546 g/mol. The number of hydrogen-bond donors (Lipinski definition) is 2. The van der Waals surface area contributed by atoms with Crippen LogP contribution >= 0.6 is 0 Å². The van der Waals surface area contributed by atoms with Gasteiger partial charge in [0.25, 0.3) is 10.0 Å². The van der Waals surface area contributed by atoms with Crippen LogP contribution in [0.2, 0.25) is 0 Å². The van der Waals surface area contributed by atoms with Crippen LogP contribution in [0.1, 0.15) is 18.4 Å². The van der Waals surface area contributed by atoms with E-state index in [1.807, 2.05) is 12.2 Å². The Morgan fingerprint density at radius 1 is 1.11 bits per heavy atom. The number of halogens is 1. The Balaban J connectivity index is 1.51. The molecule has 1 saturated heterocycles. The van der Waals surface area contributed by atoms with E-state index in [1.165, 1.54) is 24.3 Å². The van der Waals surface area contributed by atoms with Crippen LogP contribution < -0.4 is 10.0 Å². The van der Waals surface area contributed by atoms with E-state index in [1.54, 1.807) is 17.0 Å². The summed E-state index contributed by atoms with van der Waals surface area (Å²) < 4.78 is 68.6. The summed E-state index contributed by atoms with van der Waals surface area (Å²) in [5, 5.41) is 2.82. The van der Waals surface area contributed by atoms with Crippen LogP contribution in [-0.2, 0) is 36.2 Å². The van der Waals surface area contributed by atoms with Crippen LogP contribution in [-0.4, -0.2) is 51.6 Å². The highest BCUT2D eigenvalue weighted by Crippen LogP contribution is 2.38. The zero-order valence-corrected chi connectivity index (χ0v) is 21.2. The van der Waals surface area contributed by atoms with E-state index in [0.717, 1.165) is 12.3 Å². The first kappa shape index (κ1) is 25.1. The van der Waals surface area contributed by atoms with Crippen LogP contribution in [0.25, 0.3) is 0 Å². The summed E-state index contributed by atoms with van der Waals surface area (Å²) in [4.78, 5) is 28.5. The quantitative estimate of drug-likeness (QED) is 0.433. The Morgan fingerprint density at radius 2 is 1.81 bits per heavy atom. The van der Waals surface area contributed by atoms with E-state index in [-0.39, 0.29) is 28.7 Å². The van der Waals surface area contributed by atoms with Crippen molar-refractivity contribution in [3.05, 3.63) is 66.0 Å². The number of ketones is 1. The minimum absolute atomic E-state index is 0.0254. The third-order valence-corrected chi connectivity index (χ3v) is 8.50. The first-order chi connectivity index (χ1) is 17.4. The van der Waals surface area contributed by atoms with Crippen molar-refractivity contribution >= 4 is 48.9 Å². The predicted octanol–water partition coefficient (Wildman–Crippen LogP) is 2.27. The molecule has 0 bridgehead atoms. The number of allylic oxidation sites excluding steroid dienone is 1. The number of rotatable bonds is 5. The maximum Gasteiger partial charge on any atom is 0.286 e. The van der Waals surface area contributed by atoms with Crippen molar-refractivity contribution in [2.45, 2.75) is 30.3 Å². The Morgan fingerprint density at radius 3 is 2.51 bits per heavy atom. The normalized spacial score (nSPS) is 24.5. The van der Waals surface area contributed by atoms with Crippen LogP contribution in [0.5, 0.6) is 0 Å². The second kappa shape index (κ2) is 9.06. The molecule has 3 aliphatic rings. The summed E-state index contributed by atoms with van der Waals surface area (Å²) in [6.45, 7) is 0.120. The summed E-state index contributed by atoms with van der Waals surface area (Å²) in [5.41, 5.74) is 0.761. The maximum absolute atomic E-state index is 13.7. The molecule has 10 nitrogen and oxygen atoms in total. The smallest absolute Gasteiger partial charge is 0.286 e. The third-order valence-electron chi connectivity index (χ3n) is 6.56. The Kier molecular flexibility index (Phi) is 6.15. The molecule has 2 aromatic rings. The van der Waals surface area contributed by atoms with Gasteiger partial charge in [-0.2, -0.15) is 8.42 Å². The minimum Gasteiger partial charge on any atom is -0.341 e. The summed E-state index contributed by atoms with van der Waals surface area (Å²) in [5.74, 6) is -3.75. The van der Waals surface area contributed by atoms with Gasteiger partial charge in [-0.3, -0.25) is 14.3 Å². The summed E-state index contributed by atoms with van der Waals surface area (Å²) in [6, 6.07) is 9.09. The fourth-order valence-corrected chi connectivity index (χ4v) is 6.67. The van der Waals surface area contributed by atoms with Gasteiger partial charge in [-0.25, -0.2) is 12.8 Å². The number of Topliss-reactive ketones (excluding diaryl/α,β-unsaturated/α-hetero) is 1. The Labute approximate surface area is 213 Å². The van der Waals surface area contributed by atoms with Crippen molar-refractivity contribution < 1.29 is 30.8 Å². The van der Waals surface area contributed by atoms with Gasteiger partial charge in [-0.05, 0) is 48.7 Å². The van der Waals surface area contributed by atoms with Gasteiger partial charge in [0.1, 0.15) is 16.5 Å². The molecular formula is C24H23FN4O6S2. The van der Waals surface area contributed by atoms with Gasteiger partial charge in [0.2, 0.25) is 15.9 Å². The molecule has 0 saturated carbocycles. The largest absolute Gasteiger partial charge is 0.341 e. The number of carbonyl (C=O) groups is 2. The molecule has 0 radical (unpaired) electrons. The lowest BCUT2D eigenvalue weighted by atomic mass is 9.75. The number of anilines is 2. The van der Waals surface area contributed by atoms with Crippen molar-refractivity contribution in [1.29, 1.82) is 0 Å². The maximum atomic E-state index is 13.7. The lowest BCUT2D eigenvalue weighted by Crippen LogP contribution is -2.60. The van der Waals surface area contributed by atoms with E-state index in [0.29, 0.717) is 18.4 Å². The van der Waals surface area contributed by atoms with Gasteiger partial charge in [0, 0.05) is 24.2 Å². The second-order valence-electron chi connectivity index (χ2n) is 9.21. The number of fused-ring (bicyclic) bond motifs is 2. The lowest BCUT2D eigenvalue weighted by molar-refractivity contribution is -0.151. The van der Waals surface area contributed by atoms with Gasteiger partial charge >= 0.3 is 0 Å². The molecule has 3 atom stereocenters. The predicted molar refractivity (Wildman–Crippen MR) is 134 cm³/mol. The first-order valence-electron chi connectivity index (χ1n) is 11.4. The van der Waals surface area contributed by atoms with Gasteiger partial charge in [-0.15, -0.1) is 4.40 Å². The van der Waals surface area contributed by atoms with Crippen LogP contribution in [0.15, 0.2) is 63.9 Å². The number of benzene rings is 2. The van der Waals surface area contributed by atoms with E-state index < -0.39 is 55.4 Å². The van der Waals surface area contributed by atoms with Gasteiger partial charge in [-0.1, -0.05) is 24.3 Å². The standard InChI is InChI=1S/C24H23FN4O6S2/c1-36(32,33)27-16-10-11-18-20(12-16)37(34,35)28-23(26-18)21-22(30)17-4-2-3-5-19(17)29(24(21)31)13-14-6-8-15(25)9-7-14/h2-3,6-12,17,19,21,27H,4-5,13H2,1H3,(H,26,28). The zero-order valence-electron chi connectivity index (χ0n) is 19.6. The third kappa shape index (κ3) is 4.88. The highest BCUT2D eigenvalue weighted by molar-refractivity contribution is 7.92. The Bertz CT molecular complexity index is 1570. The lowest BCUT2D eigenvalue weighted by Gasteiger charge is -2.44. The molecule has 3 unspecified atom stereocenters. The molecule has 1 fully saturated rings. The molecule has 1 amide bonds. The van der Waals surface area contributed by atoms with Gasteiger partial charge < -0.3 is 10.2 Å². The number of nitrogens with one attached hydrogen (secondary N) is 2. The Hall–Kier alpha value is -3.58. The van der Waals surface area contributed by atoms with E-state index in [4.69, 9.17) is 0 Å². The van der Waals surface area contributed by atoms with Crippen molar-refractivity contribution in [2.24, 2.45) is 16.2 Å². The molecule has 2 N–H and O–H groups in total. The van der Waals surface area contributed by atoms with E-state index >= 15 is 0 Å². The molecule has 2 aliphatic heterocycles. The molecule has 2 heterocycles. The van der Waals surface area contributed by atoms with Crippen LogP contribution in [0.4, 0.5) is 15.8 Å². The molecule has 2 aromatic carbocycles. The fourth-order valence-electron chi connectivity index (χ4n) is 4.93. The van der Waals surface area contributed by atoms with E-state index in [9.17, 15) is 30.8 Å². The number of nitrogens with zero attached hydrogens (tertiary/aromatic N) is 2. The number of piperidine rings is 1. The number of likely N-dealkylation sites (tertiary alicyclic amines) is 1. The molecule has 1 aliphatic carbocycles. The van der Waals surface area contributed by atoms with Gasteiger partial charge in [0.05, 0.1) is 11.9 Å². The molecule has 37 heavy (non-hydrogen) atoms. The van der Waals surface area contributed by atoms with Crippen LogP contribution in [0.3, 0.4) is 0 Å². The number of sulfonamides is 2. The summed E-state index contributed by atoms with van der Waals surface area (Å²) in [6.07, 6.45) is 5.55. The number of amidine groups is 1. The number of hydrogen-bond acceptors (Lipinski definition) is 7. The molecule has 0 spiro atoms. The average molecular weight is 547 g/mol. The summed E-state index contributed by atoms with van der Waals surface area (Å²) >= 11 is 0. The topological polar surface area (TPSA) is 142 Å². The zero-order chi connectivity index (χ0) is 26.5. The first-order valence-corrected chi connectivity index (χ1v) is 14.7. The van der Waals surface area contributed by atoms with Crippen molar-refractivity contribution in [3.63, 3.8) is 0 Å². The molecule has 0 aromatic heterocycles. The molecular weight excluding hydrogens is 523 g/mol. The molecule has 5 rings (SSSR count). The van der Waals surface area contributed by atoms with E-state index in [2.05, 4.69) is 14.4 Å². The van der Waals surface area contributed by atoms with Crippen molar-refractivity contribution in [2.75, 3.05) is 16.3 Å². The summed E-state index contributed by atoms with van der Waals surface area (Å²) in [7, 11) is -8.02. The van der Waals surface area contributed by atoms with Crippen molar-refractivity contribution in [3.8, 4) is 0 Å². The van der Waals surface area contributed by atoms with Crippen LogP contribution in [0, 0.1) is 17.7 Å². The number of amides is 1. The average Bonchev–Trinajstić information content (AvgIpc) is 2.82. The molecule has 194 valence electrons. The van der Waals surface area contributed by atoms with Gasteiger partial charge in [0.15, 0.2) is 11.7 Å². The molecule has 13 heteroatoms. The van der Waals surface area contributed by atoms with Crippen molar-refractivity contribution in [1.82, 2.24) is 4.90 Å². The fraction of sp³-hybridized carbons (Fsp3) is 0.292. The SMILES string of the molecule is CS(=O)(=O)Nc1ccc2c(c1)S(=O)(=O)N=C(C1C(=O)C3CC=CCC3N(Cc3ccc(F)cc3)C1=O)N2. The minimum atomic E-state index is -4.36.